The van der Waals surface area contributed by atoms with Gasteiger partial charge in [-0.05, 0) is 64.7 Å². The molecule has 0 aliphatic carbocycles. The lowest BCUT2D eigenvalue weighted by molar-refractivity contribution is -0.114. The number of fused-ring (bicyclic) bond motifs is 2. The number of allylic oxidation sites excluding steroid dienone is 1. The Labute approximate surface area is 141 Å². The molecule has 0 radical (unpaired) electrons. The molecule has 0 amide bonds. The van der Waals surface area contributed by atoms with Crippen molar-refractivity contribution in [2.45, 2.75) is 89.6 Å². The Morgan fingerprint density at radius 2 is 1.74 bits per heavy atom. The largest absolute Gasteiger partial charge is 0.387 e. The third kappa shape index (κ3) is 4.91. The molecule has 0 aromatic carbocycles. The lowest BCUT2D eigenvalue weighted by atomic mass is 9.82. The van der Waals surface area contributed by atoms with Crippen molar-refractivity contribution in [2.75, 3.05) is 0 Å². The van der Waals surface area contributed by atoms with Gasteiger partial charge in [-0.15, -0.1) is 0 Å². The molecule has 0 unspecified atom stereocenters. The van der Waals surface area contributed by atoms with Crippen LogP contribution in [0.1, 0.15) is 66.7 Å². The number of ether oxygens (including phenoxy) is 1. The van der Waals surface area contributed by atoms with Crippen LogP contribution in [0.2, 0.25) is 0 Å². The fourth-order valence-corrected chi connectivity index (χ4v) is 3.64. The summed E-state index contributed by atoms with van der Waals surface area (Å²) < 4.78 is 6.20. The first-order valence-corrected chi connectivity index (χ1v) is 9.03. The molecule has 2 rings (SSSR count). The second kappa shape index (κ2) is 6.70. The average molecular weight is 322 g/mol. The molecule has 2 heterocycles. The molecule has 1 fully saturated rings. The highest BCUT2D eigenvalue weighted by Gasteiger charge is 2.43. The van der Waals surface area contributed by atoms with Gasteiger partial charge in [0.25, 0.3) is 0 Å². The number of hydrogen-bond donors (Lipinski definition) is 2. The van der Waals surface area contributed by atoms with Crippen molar-refractivity contribution in [3.05, 3.63) is 24.3 Å². The van der Waals surface area contributed by atoms with Gasteiger partial charge < -0.3 is 14.9 Å². The maximum absolute atomic E-state index is 10.9. The summed E-state index contributed by atoms with van der Waals surface area (Å²) in [4.78, 5) is 0. The molecule has 3 nitrogen and oxygen atoms in total. The molecule has 5 atom stereocenters. The molecule has 2 aliphatic heterocycles. The van der Waals surface area contributed by atoms with Crippen LogP contribution in [0.25, 0.3) is 0 Å². The van der Waals surface area contributed by atoms with Gasteiger partial charge in [-0.1, -0.05) is 38.2 Å². The minimum Gasteiger partial charge on any atom is -0.387 e. The van der Waals surface area contributed by atoms with E-state index in [0.717, 1.165) is 19.3 Å². The lowest BCUT2D eigenvalue weighted by Crippen LogP contribution is -2.41. The van der Waals surface area contributed by atoms with Crippen LogP contribution in [0.4, 0.5) is 0 Å². The standard InChI is InChI=1S/C20H34O3/c1-15(2)16-7-12-18(3,21)10-6-11-19(4)13-9-17(23-19)20(5,22)14-8-16/h6-7,11-12,15-17,21-22H,8-10,13-14H2,1-5H3/b11-6+,12-7+/t16-,17-,18-,19-,20+/m0/s1. The van der Waals surface area contributed by atoms with Gasteiger partial charge in [0.2, 0.25) is 0 Å². The average Bonchev–Trinajstić information content (AvgIpc) is 2.80. The van der Waals surface area contributed by atoms with Crippen LogP contribution in [0, 0.1) is 11.8 Å². The summed E-state index contributed by atoms with van der Waals surface area (Å²) in [5, 5.41) is 21.5. The van der Waals surface area contributed by atoms with E-state index in [4.69, 9.17) is 4.74 Å². The third-order valence-corrected chi connectivity index (χ3v) is 5.55. The summed E-state index contributed by atoms with van der Waals surface area (Å²) in [6.45, 7) is 10.2. The zero-order valence-corrected chi connectivity index (χ0v) is 15.4. The van der Waals surface area contributed by atoms with E-state index in [1.165, 1.54) is 0 Å². The third-order valence-electron chi connectivity index (χ3n) is 5.55. The molecule has 3 heteroatoms. The first-order valence-electron chi connectivity index (χ1n) is 9.03. The Bertz CT molecular complexity index is 462. The second-order valence-corrected chi connectivity index (χ2v) is 8.58. The number of aliphatic hydroxyl groups is 2. The van der Waals surface area contributed by atoms with Gasteiger partial charge in [0.1, 0.15) is 0 Å². The van der Waals surface area contributed by atoms with Crippen molar-refractivity contribution in [1.29, 1.82) is 0 Å². The highest BCUT2D eigenvalue weighted by Crippen LogP contribution is 2.39. The van der Waals surface area contributed by atoms with Crippen LogP contribution in [0.3, 0.4) is 0 Å². The minimum absolute atomic E-state index is 0.116. The van der Waals surface area contributed by atoms with E-state index in [1.807, 2.05) is 26.0 Å². The Balaban J connectivity index is 2.27. The first kappa shape index (κ1) is 18.7. The summed E-state index contributed by atoms with van der Waals surface area (Å²) >= 11 is 0. The second-order valence-electron chi connectivity index (χ2n) is 8.58. The maximum atomic E-state index is 10.9. The van der Waals surface area contributed by atoms with Crippen molar-refractivity contribution in [3.8, 4) is 0 Å². The van der Waals surface area contributed by atoms with Gasteiger partial charge in [0.15, 0.2) is 0 Å². The molecule has 2 N–H and O–H groups in total. The van der Waals surface area contributed by atoms with E-state index >= 15 is 0 Å². The van der Waals surface area contributed by atoms with Gasteiger partial charge in [-0.3, -0.25) is 0 Å². The summed E-state index contributed by atoms with van der Waals surface area (Å²) in [7, 11) is 0. The summed E-state index contributed by atoms with van der Waals surface area (Å²) in [5.41, 5.74) is -1.97. The molecule has 23 heavy (non-hydrogen) atoms. The van der Waals surface area contributed by atoms with Crippen LogP contribution in [-0.2, 0) is 4.74 Å². The molecule has 2 bridgehead atoms. The van der Waals surface area contributed by atoms with Crippen molar-refractivity contribution < 1.29 is 14.9 Å². The predicted molar refractivity (Wildman–Crippen MR) is 94.2 cm³/mol. The number of hydrogen-bond acceptors (Lipinski definition) is 3. The number of rotatable bonds is 1. The van der Waals surface area contributed by atoms with E-state index in [-0.39, 0.29) is 11.7 Å². The van der Waals surface area contributed by atoms with Crippen molar-refractivity contribution >= 4 is 0 Å². The molecule has 0 aromatic heterocycles. The van der Waals surface area contributed by atoms with Crippen LogP contribution in [0.15, 0.2) is 24.3 Å². The Kier molecular flexibility index (Phi) is 5.44. The maximum Gasteiger partial charge on any atom is 0.0880 e. The molecule has 0 aromatic rings. The van der Waals surface area contributed by atoms with Gasteiger partial charge in [0.05, 0.1) is 22.9 Å². The van der Waals surface area contributed by atoms with E-state index in [0.29, 0.717) is 24.7 Å². The van der Waals surface area contributed by atoms with E-state index < -0.39 is 11.2 Å². The van der Waals surface area contributed by atoms with Gasteiger partial charge >= 0.3 is 0 Å². The quantitative estimate of drug-likeness (QED) is 0.718. The highest BCUT2D eigenvalue weighted by molar-refractivity contribution is 5.11. The van der Waals surface area contributed by atoms with E-state index in [9.17, 15) is 10.2 Å². The summed E-state index contributed by atoms with van der Waals surface area (Å²) in [6, 6.07) is 0. The van der Waals surface area contributed by atoms with Crippen LogP contribution < -0.4 is 0 Å². The van der Waals surface area contributed by atoms with E-state index in [2.05, 4.69) is 32.9 Å². The monoisotopic (exact) mass is 322 g/mol. The molecular formula is C20H34O3. The van der Waals surface area contributed by atoms with Crippen LogP contribution >= 0.6 is 0 Å². The minimum atomic E-state index is -0.839. The molecule has 0 spiro atoms. The first-order chi connectivity index (χ1) is 10.5. The fourth-order valence-electron chi connectivity index (χ4n) is 3.64. The summed E-state index contributed by atoms with van der Waals surface area (Å²) in [5.74, 6) is 0.832. The highest BCUT2D eigenvalue weighted by atomic mass is 16.5. The molecule has 1 saturated heterocycles. The van der Waals surface area contributed by atoms with Crippen LogP contribution in [-0.4, -0.2) is 33.1 Å². The van der Waals surface area contributed by atoms with Gasteiger partial charge in [0, 0.05) is 0 Å². The summed E-state index contributed by atoms with van der Waals surface area (Å²) in [6.07, 6.45) is 12.0. The fraction of sp³-hybridized carbons (Fsp3) is 0.800. The predicted octanol–water partition coefficient (Wildman–Crippen LogP) is 3.99. The zero-order chi connectivity index (χ0) is 17.3. The van der Waals surface area contributed by atoms with Crippen molar-refractivity contribution in [1.82, 2.24) is 0 Å². The molecular weight excluding hydrogens is 288 g/mol. The molecule has 2 aliphatic rings. The topological polar surface area (TPSA) is 49.7 Å². The lowest BCUT2D eigenvalue weighted by Gasteiger charge is -2.33. The molecule has 0 saturated carbocycles. The van der Waals surface area contributed by atoms with Crippen molar-refractivity contribution in [3.63, 3.8) is 0 Å². The van der Waals surface area contributed by atoms with Gasteiger partial charge in [-0.2, -0.15) is 0 Å². The Morgan fingerprint density at radius 3 is 2.39 bits per heavy atom. The van der Waals surface area contributed by atoms with Gasteiger partial charge in [-0.25, -0.2) is 0 Å². The van der Waals surface area contributed by atoms with Crippen LogP contribution in [0.5, 0.6) is 0 Å². The molecule has 132 valence electrons. The van der Waals surface area contributed by atoms with Crippen molar-refractivity contribution in [2.24, 2.45) is 11.8 Å². The zero-order valence-electron chi connectivity index (χ0n) is 15.4. The normalized spacial score (nSPS) is 48.3. The Hall–Kier alpha value is -0.640. The SMILES string of the molecule is CC(C)[C@H]1/C=C/[C@@](C)(O)C/C=C/[C@@]2(C)CC[C@H](O2)[C@](C)(O)CC1. The smallest absolute Gasteiger partial charge is 0.0880 e. The van der Waals surface area contributed by atoms with E-state index in [1.54, 1.807) is 0 Å². The Morgan fingerprint density at radius 1 is 1.04 bits per heavy atom.